The first-order valence-electron chi connectivity index (χ1n) is 12.4. The molecule has 5 rings (SSSR count). The zero-order chi connectivity index (χ0) is 26.0. The first-order valence-corrected chi connectivity index (χ1v) is 13.4. The smallest absolute Gasteiger partial charge is 0.319 e. The molecule has 1 saturated heterocycles. The number of rotatable bonds is 7. The highest BCUT2D eigenvalue weighted by Gasteiger charge is 2.51. The number of ether oxygens (including phenoxy) is 2. The Kier molecular flexibility index (Phi) is 7.35. The number of hydrogen-bond acceptors (Lipinski definition) is 5. The van der Waals surface area contributed by atoms with E-state index < -0.39 is 17.7 Å². The summed E-state index contributed by atoms with van der Waals surface area (Å²) in [4.78, 5) is 15.3. The van der Waals surface area contributed by atoms with Gasteiger partial charge in [0.05, 0.1) is 14.2 Å². The number of thiophene rings is 1. The number of nitrogens with one attached hydrogen (secondary N) is 2. The van der Waals surface area contributed by atoms with Crippen LogP contribution in [0.4, 0.5) is 19.3 Å². The van der Waals surface area contributed by atoms with Gasteiger partial charge < -0.3 is 20.1 Å². The largest absolute Gasteiger partial charge is 0.493 e. The number of methoxy groups -OCH3 is 2. The summed E-state index contributed by atoms with van der Waals surface area (Å²) in [6.45, 7) is 1.82. The molecule has 1 saturated carbocycles. The second-order valence-electron chi connectivity index (χ2n) is 9.79. The van der Waals surface area contributed by atoms with Crippen LogP contribution in [0.15, 0.2) is 53.2 Å². The molecule has 37 heavy (non-hydrogen) atoms. The molecule has 2 aliphatic rings. The summed E-state index contributed by atoms with van der Waals surface area (Å²) in [5, 5.41) is 9.98. The number of hydrogen-bond donors (Lipinski definition) is 2. The fourth-order valence-electron chi connectivity index (χ4n) is 5.99. The number of benzene rings is 2. The molecule has 3 aromatic rings. The van der Waals surface area contributed by atoms with Gasteiger partial charge in [-0.1, -0.05) is 6.07 Å². The maximum absolute atomic E-state index is 13.6. The topological polar surface area (TPSA) is 62.8 Å². The molecule has 2 heterocycles. The molecule has 6 nitrogen and oxygen atoms in total. The van der Waals surface area contributed by atoms with Crippen LogP contribution in [-0.4, -0.2) is 43.8 Å². The number of nitrogens with zero attached hydrogens (tertiary/aromatic N) is 1. The lowest BCUT2D eigenvalue weighted by atomic mass is 9.65. The number of likely N-dealkylation sites (tertiary alicyclic amines) is 1. The van der Waals surface area contributed by atoms with E-state index >= 15 is 0 Å². The molecule has 1 aliphatic carbocycles. The molecular formula is C28H31F2N3O3S. The molecule has 1 aliphatic heterocycles. The van der Waals surface area contributed by atoms with Crippen molar-refractivity contribution in [3.63, 3.8) is 0 Å². The van der Waals surface area contributed by atoms with Crippen molar-refractivity contribution < 1.29 is 23.0 Å². The summed E-state index contributed by atoms with van der Waals surface area (Å²) < 4.78 is 37.9. The molecule has 3 unspecified atom stereocenters. The molecule has 2 amide bonds. The molecule has 196 valence electrons. The zero-order valence-electron chi connectivity index (χ0n) is 20.9. The minimum atomic E-state index is -0.995. The number of amides is 2. The second kappa shape index (κ2) is 10.7. The van der Waals surface area contributed by atoms with E-state index in [1.807, 2.05) is 6.07 Å². The number of carbonyl (C=O) groups excluding carboxylic acids is 1. The lowest BCUT2D eigenvalue weighted by Gasteiger charge is -2.45. The van der Waals surface area contributed by atoms with Crippen LogP contribution >= 0.6 is 11.3 Å². The summed E-state index contributed by atoms with van der Waals surface area (Å²) >= 11 is 1.70. The fraction of sp³-hybridized carbons (Fsp3) is 0.393. The first kappa shape index (κ1) is 25.5. The lowest BCUT2D eigenvalue weighted by Crippen LogP contribution is -2.52. The molecule has 0 radical (unpaired) electrons. The van der Waals surface area contributed by atoms with Gasteiger partial charge in [-0.2, -0.15) is 11.3 Å². The molecule has 3 atom stereocenters. The average molecular weight is 528 g/mol. The third-order valence-electron chi connectivity index (χ3n) is 7.81. The highest BCUT2D eigenvalue weighted by atomic mass is 32.1. The van der Waals surface area contributed by atoms with E-state index in [4.69, 9.17) is 9.47 Å². The van der Waals surface area contributed by atoms with Gasteiger partial charge in [0.15, 0.2) is 23.1 Å². The number of fused-ring (bicyclic) bond motifs is 1. The molecule has 0 spiro atoms. The maximum atomic E-state index is 13.6. The van der Waals surface area contributed by atoms with Crippen molar-refractivity contribution in [2.75, 3.05) is 26.1 Å². The van der Waals surface area contributed by atoms with Gasteiger partial charge in [0.1, 0.15) is 0 Å². The van der Waals surface area contributed by atoms with Crippen LogP contribution in [0.1, 0.15) is 36.8 Å². The number of urea groups is 1. The summed E-state index contributed by atoms with van der Waals surface area (Å²) in [5.41, 5.74) is 2.67. The van der Waals surface area contributed by atoms with E-state index in [9.17, 15) is 13.6 Å². The van der Waals surface area contributed by atoms with E-state index in [1.165, 1.54) is 17.2 Å². The first-order chi connectivity index (χ1) is 17.9. The SMILES string of the molecule is COc1ccc(C23CCC(NC(=O)Nc4ccc(F)c(F)c4)CC2N(Cc2ccsc2)CC3)cc1OC. The lowest BCUT2D eigenvalue weighted by molar-refractivity contribution is 0.131. The van der Waals surface area contributed by atoms with E-state index in [2.05, 4.69) is 44.5 Å². The van der Waals surface area contributed by atoms with Crippen LogP contribution in [0.3, 0.4) is 0 Å². The number of carbonyl (C=O) groups is 1. The Hall–Kier alpha value is -3.17. The van der Waals surface area contributed by atoms with Crippen LogP contribution in [-0.2, 0) is 12.0 Å². The molecule has 0 bridgehead atoms. The molecule has 9 heteroatoms. The summed E-state index contributed by atoms with van der Waals surface area (Å²) in [6.07, 6.45) is 3.51. The Balaban J connectivity index is 1.36. The van der Waals surface area contributed by atoms with Gasteiger partial charge in [-0.05, 0) is 84.4 Å². The normalized spacial score (nSPS) is 23.4. The van der Waals surface area contributed by atoms with Crippen molar-refractivity contribution in [3.8, 4) is 11.5 Å². The molecule has 2 aromatic carbocycles. The Morgan fingerprint density at radius 1 is 1.08 bits per heavy atom. The predicted molar refractivity (Wildman–Crippen MR) is 141 cm³/mol. The monoisotopic (exact) mass is 527 g/mol. The Morgan fingerprint density at radius 2 is 1.92 bits per heavy atom. The highest BCUT2D eigenvalue weighted by molar-refractivity contribution is 7.07. The van der Waals surface area contributed by atoms with Gasteiger partial charge >= 0.3 is 6.03 Å². The van der Waals surface area contributed by atoms with Gasteiger partial charge in [-0.25, -0.2) is 13.6 Å². The minimum absolute atomic E-state index is 0.0494. The van der Waals surface area contributed by atoms with Crippen LogP contribution in [0.2, 0.25) is 0 Å². The highest BCUT2D eigenvalue weighted by Crippen LogP contribution is 2.50. The van der Waals surface area contributed by atoms with Crippen LogP contribution in [0, 0.1) is 11.6 Å². The molecule has 2 fully saturated rings. The summed E-state index contributed by atoms with van der Waals surface area (Å²) in [5.74, 6) is -0.519. The maximum Gasteiger partial charge on any atom is 0.319 e. The predicted octanol–water partition coefficient (Wildman–Crippen LogP) is 5.93. The van der Waals surface area contributed by atoms with Crippen molar-refractivity contribution in [3.05, 3.63) is 76.0 Å². The minimum Gasteiger partial charge on any atom is -0.493 e. The van der Waals surface area contributed by atoms with Gasteiger partial charge in [-0.3, -0.25) is 4.90 Å². The standard InChI is InChI=1S/C28H31F2N3O3S/c1-35-24-6-3-19(13-25(24)36-2)28-9-7-21(32-27(34)31-20-4-5-22(29)23(30)14-20)15-26(28)33(11-10-28)16-18-8-12-37-17-18/h3-6,8,12-14,17,21,26H,7,9-11,15-16H2,1-2H3,(H2,31,32,34). The molecule has 1 aromatic heterocycles. The third kappa shape index (κ3) is 5.15. The van der Waals surface area contributed by atoms with Gasteiger partial charge in [-0.15, -0.1) is 0 Å². The fourth-order valence-corrected chi connectivity index (χ4v) is 6.65. The van der Waals surface area contributed by atoms with Crippen molar-refractivity contribution in [2.45, 2.75) is 49.7 Å². The summed E-state index contributed by atoms with van der Waals surface area (Å²) in [6, 6.07) is 11.5. The van der Waals surface area contributed by atoms with Gasteiger partial charge in [0, 0.05) is 35.8 Å². The Bertz CT molecular complexity index is 1260. The molecule has 2 N–H and O–H groups in total. The number of anilines is 1. The van der Waals surface area contributed by atoms with E-state index in [0.29, 0.717) is 5.75 Å². The number of halogens is 2. The van der Waals surface area contributed by atoms with Gasteiger partial charge in [0.25, 0.3) is 0 Å². The summed E-state index contributed by atoms with van der Waals surface area (Å²) in [7, 11) is 3.29. The zero-order valence-corrected chi connectivity index (χ0v) is 21.7. The quantitative estimate of drug-likeness (QED) is 0.400. The van der Waals surface area contributed by atoms with E-state index in [-0.39, 0.29) is 23.2 Å². The van der Waals surface area contributed by atoms with E-state index in [1.54, 1.807) is 25.6 Å². The van der Waals surface area contributed by atoms with Gasteiger partial charge in [0.2, 0.25) is 0 Å². The average Bonchev–Trinajstić information content (AvgIpc) is 3.55. The van der Waals surface area contributed by atoms with Crippen LogP contribution < -0.4 is 20.1 Å². The van der Waals surface area contributed by atoms with Crippen molar-refractivity contribution >= 4 is 23.1 Å². The Labute approximate surface area is 219 Å². The molecular weight excluding hydrogens is 496 g/mol. The van der Waals surface area contributed by atoms with Crippen molar-refractivity contribution in [1.29, 1.82) is 0 Å². The second-order valence-corrected chi connectivity index (χ2v) is 10.6. The van der Waals surface area contributed by atoms with Crippen molar-refractivity contribution in [2.24, 2.45) is 0 Å². The Morgan fingerprint density at radius 3 is 2.65 bits per heavy atom. The van der Waals surface area contributed by atoms with Crippen molar-refractivity contribution in [1.82, 2.24) is 10.2 Å². The van der Waals surface area contributed by atoms with E-state index in [0.717, 1.165) is 56.7 Å². The van der Waals surface area contributed by atoms with Crippen LogP contribution in [0.25, 0.3) is 0 Å². The third-order valence-corrected chi connectivity index (χ3v) is 8.54. The van der Waals surface area contributed by atoms with Crippen LogP contribution in [0.5, 0.6) is 11.5 Å².